The van der Waals surface area contributed by atoms with Crippen molar-refractivity contribution in [2.75, 3.05) is 26.9 Å². The van der Waals surface area contributed by atoms with Crippen LogP contribution in [0.4, 0.5) is 0 Å². The lowest BCUT2D eigenvalue weighted by Gasteiger charge is -2.20. The Morgan fingerprint density at radius 3 is 2.75 bits per heavy atom. The number of hydrogen-bond acceptors (Lipinski definition) is 3. The van der Waals surface area contributed by atoms with Gasteiger partial charge in [0, 0.05) is 32.7 Å². The van der Waals surface area contributed by atoms with Crippen molar-refractivity contribution in [1.29, 1.82) is 0 Å². The first-order valence-corrected chi connectivity index (χ1v) is 4.44. The summed E-state index contributed by atoms with van der Waals surface area (Å²) >= 11 is 0. The summed E-state index contributed by atoms with van der Waals surface area (Å²) in [6, 6.07) is 0. The largest absolute Gasteiger partial charge is 0.384 e. The van der Waals surface area contributed by atoms with Gasteiger partial charge in [-0.2, -0.15) is 0 Å². The van der Waals surface area contributed by atoms with Gasteiger partial charge in [0.15, 0.2) is 0 Å². The maximum Gasteiger partial charge on any atom is 0.138 e. The SMILES string of the molecule is COCCC(=O)C1CCOCC1. The Balaban J connectivity index is 2.20. The predicted molar refractivity (Wildman–Crippen MR) is 45.0 cm³/mol. The monoisotopic (exact) mass is 172 g/mol. The molecule has 0 aromatic rings. The maximum absolute atomic E-state index is 11.4. The molecule has 0 bridgehead atoms. The van der Waals surface area contributed by atoms with E-state index in [1.54, 1.807) is 7.11 Å². The first-order valence-electron chi connectivity index (χ1n) is 4.44. The summed E-state index contributed by atoms with van der Waals surface area (Å²) < 4.78 is 10.0. The summed E-state index contributed by atoms with van der Waals surface area (Å²) in [6.45, 7) is 2.03. The van der Waals surface area contributed by atoms with Crippen LogP contribution in [-0.4, -0.2) is 32.7 Å². The van der Waals surface area contributed by atoms with E-state index in [9.17, 15) is 4.79 Å². The first kappa shape index (κ1) is 9.68. The quantitative estimate of drug-likeness (QED) is 0.635. The molecule has 0 radical (unpaired) electrons. The van der Waals surface area contributed by atoms with Crippen LogP contribution in [-0.2, 0) is 14.3 Å². The Hall–Kier alpha value is -0.410. The third-order valence-electron chi connectivity index (χ3n) is 2.23. The molecule has 1 aliphatic heterocycles. The van der Waals surface area contributed by atoms with Crippen molar-refractivity contribution in [1.82, 2.24) is 0 Å². The molecule has 0 N–H and O–H groups in total. The van der Waals surface area contributed by atoms with Crippen molar-refractivity contribution in [3.05, 3.63) is 0 Å². The molecule has 1 fully saturated rings. The molecule has 0 atom stereocenters. The van der Waals surface area contributed by atoms with Crippen LogP contribution in [0.2, 0.25) is 0 Å². The fourth-order valence-electron chi connectivity index (χ4n) is 1.43. The number of carbonyl (C=O) groups is 1. The lowest BCUT2D eigenvalue weighted by atomic mass is 9.94. The van der Waals surface area contributed by atoms with Crippen molar-refractivity contribution >= 4 is 5.78 Å². The third-order valence-corrected chi connectivity index (χ3v) is 2.23. The van der Waals surface area contributed by atoms with E-state index in [1.165, 1.54) is 0 Å². The highest BCUT2D eigenvalue weighted by molar-refractivity contribution is 5.81. The highest BCUT2D eigenvalue weighted by Crippen LogP contribution is 2.16. The zero-order chi connectivity index (χ0) is 8.81. The van der Waals surface area contributed by atoms with Crippen molar-refractivity contribution in [2.24, 2.45) is 5.92 Å². The lowest BCUT2D eigenvalue weighted by molar-refractivity contribution is -0.126. The molecule has 3 nitrogen and oxygen atoms in total. The van der Waals surface area contributed by atoms with Crippen molar-refractivity contribution < 1.29 is 14.3 Å². The van der Waals surface area contributed by atoms with Crippen LogP contribution in [0.1, 0.15) is 19.3 Å². The van der Waals surface area contributed by atoms with E-state index in [1.807, 2.05) is 0 Å². The predicted octanol–water partition coefficient (Wildman–Crippen LogP) is 1.02. The van der Waals surface area contributed by atoms with Gasteiger partial charge in [-0.25, -0.2) is 0 Å². The molecule has 12 heavy (non-hydrogen) atoms. The van der Waals surface area contributed by atoms with Gasteiger partial charge >= 0.3 is 0 Å². The zero-order valence-electron chi connectivity index (χ0n) is 7.54. The molecule has 0 aromatic carbocycles. The standard InChI is InChI=1S/C9H16O3/c1-11-5-4-9(10)8-2-6-12-7-3-8/h8H,2-7H2,1H3. The Bertz CT molecular complexity index is 139. The summed E-state index contributed by atoms with van der Waals surface area (Å²) in [5.41, 5.74) is 0. The lowest BCUT2D eigenvalue weighted by Crippen LogP contribution is -2.24. The second kappa shape index (κ2) is 5.27. The van der Waals surface area contributed by atoms with Crippen LogP contribution < -0.4 is 0 Å². The summed E-state index contributed by atoms with van der Waals surface area (Å²) in [4.78, 5) is 11.4. The van der Waals surface area contributed by atoms with Crippen LogP contribution in [0, 0.1) is 5.92 Å². The minimum absolute atomic E-state index is 0.230. The van der Waals surface area contributed by atoms with Gasteiger partial charge in [0.05, 0.1) is 6.61 Å². The van der Waals surface area contributed by atoms with Crippen molar-refractivity contribution in [3.63, 3.8) is 0 Å². The van der Waals surface area contributed by atoms with Gasteiger partial charge in [-0.3, -0.25) is 4.79 Å². The van der Waals surface area contributed by atoms with E-state index >= 15 is 0 Å². The van der Waals surface area contributed by atoms with E-state index in [-0.39, 0.29) is 5.92 Å². The van der Waals surface area contributed by atoms with Crippen LogP contribution in [0.25, 0.3) is 0 Å². The van der Waals surface area contributed by atoms with Gasteiger partial charge < -0.3 is 9.47 Å². The molecule has 0 aliphatic carbocycles. The average Bonchev–Trinajstić information content (AvgIpc) is 2.15. The first-order chi connectivity index (χ1) is 5.84. The Morgan fingerprint density at radius 1 is 1.50 bits per heavy atom. The molecule has 1 rings (SSSR count). The van der Waals surface area contributed by atoms with Gasteiger partial charge in [-0.05, 0) is 12.8 Å². The average molecular weight is 172 g/mol. The van der Waals surface area contributed by atoms with Crippen LogP contribution in [0.3, 0.4) is 0 Å². The van der Waals surface area contributed by atoms with Gasteiger partial charge in [0.2, 0.25) is 0 Å². The molecule has 0 saturated carbocycles. The van der Waals surface area contributed by atoms with E-state index < -0.39 is 0 Å². The molecular weight excluding hydrogens is 156 g/mol. The molecule has 1 saturated heterocycles. The summed E-state index contributed by atoms with van der Waals surface area (Å²) in [6.07, 6.45) is 2.34. The number of methoxy groups -OCH3 is 1. The minimum atomic E-state index is 0.230. The number of rotatable bonds is 4. The van der Waals surface area contributed by atoms with E-state index in [2.05, 4.69) is 0 Å². The van der Waals surface area contributed by atoms with Crippen LogP contribution in [0.5, 0.6) is 0 Å². The molecule has 70 valence electrons. The summed E-state index contributed by atoms with van der Waals surface area (Å²) in [5, 5.41) is 0. The number of ketones is 1. The van der Waals surface area contributed by atoms with E-state index in [0.29, 0.717) is 18.8 Å². The van der Waals surface area contributed by atoms with Gasteiger partial charge in [0.25, 0.3) is 0 Å². The zero-order valence-corrected chi connectivity index (χ0v) is 7.54. The topological polar surface area (TPSA) is 35.5 Å². The number of Topliss-reactive ketones (excluding diaryl/α,β-unsaturated/α-hetero) is 1. The molecule has 3 heteroatoms. The van der Waals surface area contributed by atoms with Gasteiger partial charge in [0.1, 0.15) is 5.78 Å². The number of ether oxygens (including phenoxy) is 2. The van der Waals surface area contributed by atoms with Gasteiger partial charge in [-0.1, -0.05) is 0 Å². The molecule has 0 amide bonds. The van der Waals surface area contributed by atoms with E-state index in [4.69, 9.17) is 9.47 Å². The molecule has 1 aliphatic rings. The summed E-state index contributed by atoms with van der Waals surface area (Å²) in [5.74, 6) is 0.564. The van der Waals surface area contributed by atoms with Crippen LogP contribution >= 0.6 is 0 Å². The fourth-order valence-corrected chi connectivity index (χ4v) is 1.43. The number of hydrogen-bond donors (Lipinski definition) is 0. The van der Waals surface area contributed by atoms with Gasteiger partial charge in [-0.15, -0.1) is 0 Å². The fraction of sp³-hybridized carbons (Fsp3) is 0.889. The Morgan fingerprint density at radius 2 is 2.17 bits per heavy atom. The van der Waals surface area contributed by atoms with E-state index in [0.717, 1.165) is 26.1 Å². The molecule has 0 aromatic heterocycles. The highest BCUT2D eigenvalue weighted by atomic mass is 16.5. The van der Waals surface area contributed by atoms with Crippen molar-refractivity contribution in [2.45, 2.75) is 19.3 Å². The minimum Gasteiger partial charge on any atom is -0.384 e. The third kappa shape index (κ3) is 2.91. The smallest absolute Gasteiger partial charge is 0.138 e. The molecule has 0 spiro atoms. The molecule has 1 heterocycles. The maximum atomic E-state index is 11.4. The Kier molecular flexibility index (Phi) is 4.25. The summed E-state index contributed by atoms with van der Waals surface area (Å²) in [7, 11) is 1.62. The molecule has 0 unspecified atom stereocenters. The normalized spacial score (nSPS) is 19.4. The number of carbonyl (C=O) groups excluding carboxylic acids is 1. The Labute approximate surface area is 73.0 Å². The van der Waals surface area contributed by atoms with Crippen LogP contribution in [0.15, 0.2) is 0 Å². The highest BCUT2D eigenvalue weighted by Gasteiger charge is 2.20. The molecular formula is C9H16O3. The van der Waals surface area contributed by atoms with Crippen molar-refractivity contribution in [3.8, 4) is 0 Å². The second-order valence-corrected chi connectivity index (χ2v) is 3.10. The second-order valence-electron chi connectivity index (χ2n) is 3.10.